The van der Waals surface area contributed by atoms with E-state index in [1.54, 1.807) is 0 Å². The van der Waals surface area contributed by atoms with Gasteiger partial charge < -0.3 is 9.59 Å². The van der Waals surface area contributed by atoms with Crippen molar-refractivity contribution < 1.29 is 9.59 Å². The molecule has 0 spiro atoms. The van der Waals surface area contributed by atoms with Crippen molar-refractivity contribution in [3.8, 4) is 0 Å². The van der Waals surface area contributed by atoms with Crippen LogP contribution in [0.5, 0.6) is 0 Å². The van der Waals surface area contributed by atoms with Crippen LogP contribution >= 0.6 is 20.8 Å². The Balaban J connectivity index is 0.000000452. The Labute approximate surface area is 183 Å². The zero-order valence-electron chi connectivity index (χ0n) is 17.8. The van der Waals surface area contributed by atoms with Crippen molar-refractivity contribution in [3.05, 3.63) is 91.0 Å². The zero-order chi connectivity index (χ0) is 21.9. The molecule has 0 saturated heterocycles. The molecule has 0 aliphatic heterocycles. The fourth-order valence-electron chi connectivity index (χ4n) is 2.79. The van der Waals surface area contributed by atoms with E-state index in [-0.39, 0.29) is 11.6 Å². The van der Waals surface area contributed by atoms with Crippen molar-refractivity contribution >= 4 is 48.3 Å². The number of Topliss-reactive ketones (excluding diaryl/α,β-unsaturated/α-hetero) is 2. The van der Waals surface area contributed by atoms with Crippen molar-refractivity contribution in [2.45, 2.75) is 27.7 Å². The molecule has 0 amide bonds. The molecule has 3 aromatic rings. The zero-order valence-corrected chi connectivity index (χ0v) is 20.3. The quantitative estimate of drug-likeness (QED) is 0.461. The number of benzene rings is 3. The molecule has 0 aliphatic carbocycles. The van der Waals surface area contributed by atoms with Gasteiger partial charge in [0.1, 0.15) is 11.6 Å². The van der Waals surface area contributed by atoms with Crippen molar-refractivity contribution in [2.24, 2.45) is 0 Å². The van der Waals surface area contributed by atoms with Gasteiger partial charge in [-0.3, -0.25) is 0 Å². The van der Waals surface area contributed by atoms with Crippen LogP contribution in [0.2, 0.25) is 0 Å². The summed E-state index contributed by atoms with van der Waals surface area (Å²) in [5.74, 6) is 0.333. The molecule has 0 saturated carbocycles. The molecule has 4 heteroatoms. The SMILES string of the molecule is CC(C)=O.CC(C)=O.CP(Br)(c1ccccc1)(c1ccccc1)c1ccccc1. The first-order valence-electron chi connectivity index (χ1n) is 9.43. The fourth-order valence-corrected chi connectivity index (χ4v) is 8.46. The summed E-state index contributed by atoms with van der Waals surface area (Å²) in [4.78, 5) is 18.9. The van der Waals surface area contributed by atoms with Gasteiger partial charge in [0.15, 0.2) is 0 Å². The maximum absolute atomic E-state index is 9.44. The second-order valence-electron chi connectivity index (χ2n) is 7.25. The Kier molecular flexibility index (Phi) is 9.62. The average Bonchev–Trinajstić information content (AvgIpc) is 2.69. The van der Waals surface area contributed by atoms with Crippen molar-refractivity contribution in [3.63, 3.8) is 0 Å². The first-order chi connectivity index (χ1) is 13.6. The van der Waals surface area contributed by atoms with E-state index in [1.165, 1.54) is 43.6 Å². The van der Waals surface area contributed by atoms with Crippen LogP contribution < -0.4 is 15.9 Å². The molecular weight excluding hydrogens is 443 g/mol. The first kappa shape index (κ1) is 24.9. The molecule has 0 heterocycles. The molecule has 29 heavy (non-hydrogen) atoms. The minimum absolute atomic E-state index is 0.167. The van der Waals surface area contributed by atoms with E-state index in [2.05, 4.69) is 113 Å². The molecule has 3 rings (SSSR count). The van der Waals surface area contributed by atoms with Gasteiger partial charge in [-0.1, -0.05) is 0 Å². The predicted molar refractivity (Wildman–Crippen MR) is 133 cm³/mol. The third kappa shape index (κ3) is 7.03. The summed E-state index contributed by atoms with van der Waals surface area (Å²) in [6.45, 7) is 8.48. The predicted octanol–water partition coefficient (Wildman–Crippen LogP) is 5.65. The summed E-state index contributed by atoms with van der Waals surface area (Å²) in [6, 6.07) is 32.3. The topological polar surface area (TPSA) is 34.1 Å². The molecule has 154 valence electrons. The Morgan fingerprint density at radius 2 is 0.724 bits per heavy atom. The van der Waals surface area contributed by atoms with E-state index >= 15 is 0 Å². The average molecular weight is 473 g/mol. The first-order valence-corrected chi connectivity index (χ1v) is 14.1. The van der Waals surface area contributed by atoms with E-state index in [4.69, 9.17) is 0 Å². The summed E-state index contributed by atoms with van der Waals surface area (Å²) < 4.78 is 0. The van der Waals surface area contributed by atoms with E-state index < -0.39 is 5.31 Å². The van der Waals surface area contributed by atoms with E-state index in [0.717, 1.165) is 0 Å². The second-order valence-corrected chi connectivity index (χ2v) is 17.0. The van der Waals surface area contributed by atoms with E-state index in [1.807, 2.05) is 0 Å². The molecule has 0 unspecified atom stereocenters. The number of hydrogen-bond donors (Lipinski definition) is 0. The van der Waals surface area contributed by atoms with Gasteiger partial charge in [-0.2, -0.15) is 0 Å². The van der Waals surface area contributed by atoms with Crippen molar-refractivity contribution in [2.75, 3.05) is 6.66 Å². The van der Waals surface area contributed by atoms with Gasteiger partial charge in [0.25, 0.3) is 0 Å². The number of hydrogen-bond acceptors (Lipinski definition) is 2. The van der Waals surface area contributed by atoms with Gasteiger partial charge >= 0.3 is 134 Å². The van der Waals surface area contributed by atoms with Crippen LogP contribution in [-0.4, -0.2) is 18.2 Å². The fraction of sp³-hybridized carbons (Fsp3) is 0.200. The Hall–Kier alpha value is -2.09. The molecule has 0 fully saturated rings. The molecule has 0 radical (unpaired) electrons. The Morgan fingerprint density at radius 3 is 0.897 bits per heavy atom. The van der Waals surface area contributed by atoms with E-state index in [9.17, 15) is 9.59 Å². The van der Waals surface area contributed by atoms with Crippen LogP contribution in [0, 0.1) is 0 Å². The van der Waals surface area contributed by atoms with Crippen LogP contribution in [-0.2, 0) is 9.59 Å². The number of ketones is 2. The van der Waals surface area contributed by atoms with Crippen LogP contribution in [0.4, 0.5) is 0 Å². The molecule has 3 aromatic carbocycles. The van der Waals surface area contributed by atoms with Crippen LogP contribution in [0.1, 0.15) is 27.7 Å². The number of carbonyl (C=O) groups is 2. The minimum atomic E-state index is -2.56. The Bertz CT molecular complexity index is 784. The summed E-state index contributed by atoms with van der Waals surface area (Å²) in [5, 5.41) is 1.48. The van der Waals surface area contributed by atoms with Crippen molar-refractivity contribution in [1.82, 2.24) is 0 Å². The second kappa shape index (κ2) is 11.2. The summed E-state index contributed by atoms with van der Waals surface area (Å²) >= 11 is 4.24. The molecule has 0 bridgehead atoms. The van der Waals surface area contributed by atoms with Gasteiger partial charge in [0.05, 0.1) is 0 Å². The molecule has 0 aliphatic rings. The molecule has 0 atom stereocenters. The molecule has 0 N–H and O–H groups in total. The van der Waals surface area contributed by atoms with Gasteiger partial charge in [-0.25, -0.2) is 0 Å². The summed E-state index contributed by atoms with van der Waals surface area (Å²) in [7, 11) is 0. The number of carbonyl (C=O) groups excluding carboxylic acids is 2. The third-order valence-electron chi connectivity index (χ3n) is 4.11. The summed E-state index contributed by atoms with van der Waals surface area (Å²) in [6.07, 6.45) is 0. The standard InChI is InChI=1S/C19H18BrP.2C3H6O/c1-21(20,17-11-5-2-6-12-17,18-13-7-3-8-14-18)19-15-9-4-10-16-19;2*1-3(2)4/h2-16H,1H3;2*1-2H3. The van der Waals surface area contributed by atoms with Gasteiger partial charge in [0, 0.05) is 0 Å². The van der Waals surface area contributed by atoms with Gasteiger partial charge in [-0.05, 0) is 27.7 Å². The van der Waals surface area contributed by atoms with Crippen LogP contribution in [0.25, 0.3) is 0 Å². The number of rotatable bonds is 3. The molecule has 0 aromatic heterocycles. The molecule has 2 nitrogen and oxygen atoms in total. The van der Waals surface area contributed by atoms with Crippen LogP contribution in [0.3, 0.4) is 0 Å². The van der Waals surface area contributed by atoms with Gasteiger partial charge in [-0.15, -0.1) is 0 Å². The normalized spacial score (nSPS) is 11.4. The monoisotopic (exact) mass is 472 g/mol. The number of halogens is 1. The maximum atomic E-state index is 9.44. The molecular formula is C25H30BrO2P. The van der Waals surface area contributed by atoms with Crippen molar-refractivity contribution in [1.29, 1.82) is 0 Å². The van der Waals surface area contributed by atoms with Crippen LogP contribution in [0.15, 0.2) is 91.0 Å². The summed E-state index contributed by atoms with van der Waals surface area (Å²) in [5.41, 5.74) is 0. The van der Waals surface area contributed by atoms with E-state index in [0.29, 0.717) is 0 Å². The third-order valence-corrected chi connectivity index (χ3v) is 12.4. The Morgan fingerprint density at radius 1 is 0.552 bits per heavy atom. The van der Waals surface area contributed by atoms with Gasteiger partial charge in [0.2, 0.25) is 0 Å².